The molecule has 4 rings (SSSR count). The fraction of sp³-hybridized carbons (Fsp3) is 0.241. The van der Waals surface area contributed by atoms with Gasteiger partial charge in [0, 0.05) is 18.4 Å². The van der Waals surface area contributed by atoms with Gasteiger partial charge in [0.2, 0.25) is 11.8 Å². The fourth-order valence-electron chi connectivity index (χ4n) is 4.17. The first-order valence-corrected chi connectivity index (χ1v) is 12.0. The number of nitrogens with zero attached hydrogens (tertiary/aromatic N) is 3. The molecule has 2 amide bonds. The van der Waals surface area contributed by atoms with E-state index in [1.165, 1.54) is 7.11 Å². The van der Waals surface area contributed by atoms with Crippen molar-refractivity contribution in [2.75, 3.05) is 44.5 Å². The van der Waals surface area contributed by atoms with Gasteiger partial charge in [-0.2, -0.15) is 0 Å². The average Bonchev–Trinajstić information content (AvgIpc) is 3.26. The van der Waals surface area contributed by atoms with Gasteiger partial charge in [-0.15, -0.1) is 0 Å². The highest BCUT2D eigenvalue weighted by Crippen LogP contribution is 2.37. The van der Waals surface area contributed by atoms with E-state index in [2.05, 4.69) is 5.32 Å². The number of likely N-dealkylation sites (N-methyl/N-ethyl adjacent to an activating group) is 2. The molecule has 1 unspecified atom stereocenters. The van der Waals surface area contributed by atoms with Crippen molar-refractivity contribution >= 4 is 40.6 Å². The maximum Gasteiger partial charge on any atom is 0.337 e. The van der Waals surface area contributed by atoms with Gasteiger partial charge < -0.3 is 15.0 Å². The van der Waals surface area contributed by atoms with E-state index in [4.69, 9.17) is 9.73 Å². The number of amides is 2. The number of aliphatic imine (C=N–C) groups is 1. The number of methoxy groups -OCH3 is 1. The Hall–Kier alpha value is -4.30. The van der Waals surface area contributed by atoms with Crippen LogP contribution in [0.2, 0.25) is 0 Å². The van der Waals surface area contributed by atoms with E-state index in [9.17, 15) is 14.4 Å². The summed E-state index contributed by atoms with van der Waals surface area (Å²) in [5, 5.41) is 2.88. The third-order valence-electron chi connectivity index (χ3n) is 6.45. The van der Waals surface area contributed by atoms with Crippen LogP contribution in [0.15, 0.2) is 77.8 Å². The number of rotatable bonds is 8. The minimum absolute atomic E-state index is 0.00358. The predicted molar refractivity (Wildman–Crippen MR) is 145 cm³/mol. The molecule has 3 aromatic carbocycles. The molecule has 190 valence electrons. The smallest absolute Gasteiger partial charge is 0.337 e. The van der Waals surface area contributed by atoms with Gasteiger partial charge in [-0.3, -0.25) is 19.5 Å². The van der Waals surface area contributed by atoms with E-state index < -0.39 is 11.9 Å². The van der Waals surface area contributed by atoms with Crippen LogP contribution in [0.1, 0.15) is 34.3 Å². The Bertz CT molecular complexity index is 1340. The van der Waals surface area contributed by atoms with E-state index in [0.717, 1.165) is 23.4 Å². The second kappa shape index (κ2) is 11.2. The van der Waals surface area contributed by atoms with Crippen LogP contribution in [-0.4, -0.2) is 62.7 Å². The summed E-state index contributed by atoms with van der Waals surface area (Å²) in [4.78, 5) is 46.2. The van der Waals surface area contributed by atoms with Crippen molar-refractivity contribution in [3.05, 3.63) is 89.5 Å². The quantitative estimate of drug-likeness (QED) is 0.371. The number of benzene rings is 3. The zero-order valence-electron chi connectivity index (χ0n) is 21.4. The highest BCUT2D eigenvalue weighted by Gasteiger charge is 2.36. The Morgan fingerprint density at radius 2 is 1.68 bits per heavy atom. The normalized spacial score (nSPS) is 14.8. The first-order valence-electron chi connectivity index (χ1n) is 12.0. The SMILES string of the molecule is CCN(C)CC(=O)N(C)c1ccc(N=C(c2ccccc2)C2C(=O)Nc3cc(C(=O)OC)ccc32)cc1. The molecule has 0 aromatic heterocycles. The zero-order valence-corrected chi connectivity index (χ0v) is 21.4. The minimum Gasteiger partial charge on any atom is -0.465 e. The van der Waals surface area contributed by atoms with Crippen molar-refractivity contribution in [2.45, 2.75) is 12.8 Å². The largest absolute Gasteiger partial charge is 0.465 e. The maximum atomic E-state index is 13.2. The predicted octanol–water partition coefficient (Wildman–Crippen LogP) is 4.24. The number of carbonyl (C=O) groups is 3. The van der Waals surface area contributed by atoms with Crippen molar-refractivity contribution in [2.24, 2.45) is 4.99 Å². The summed E-state index contributed by atoms with van der Waals surface area (Å²) in [5.41, 5.74) is 4.47. The standard InChI is InChI=1S/C29H30N4O4/c1-5-32(2)18-25(34)33(3)22-14-12-21(13-15-22)30-27(19-9-7-6-8-10-19)26-23-16-11-20(29(36)37-4)17-24(23)31-28(26)35/h6-17,26H,5,18H2,1-4H3,(H,31,35). The first-order chi connectivity index (χ1) is 17.8. The second-order valence-corrected chi connectivity index (χ2v) is 8.88. The minimum atomic E-state index is -0.655. The van der Waals surface area contributed by atoms with Gasteiger partial charge in [-0.05, 0) is 61.1 Å². The molecule has 1 N–H and O–H groups in total. The van der Waals surface area contributed by atoms with Gasteiger partial charge in [-0.25, -0.2) is 4.79 Å². The van der Waals surface area contributed by atoms with Crippen LogP contribution in [0.5, 0.6) is 0 Å². The number of carbonyl (C=O) groups excluding carboxylic acids is 3. The third kappa shape index (κ3) is 5.59. The van der Waals surface area contributed by atoms with Crippen LogP contribution < -0.4 is 10.2 Å². The molecule has 0 saturated carbocycles. The second-order valence-electron chi connectivity index (χ2n) is 8.88. The summed E-state index contributed by atoms with van der Waals surface area (Å²) < 4.78 is 4.81. The van der Waals surface area contributed by atoms with E-state index in [1.54, 1.807) is 30.1 Å². The monoisotopic (exact) mass is 498 g/mol. The highest BCUT2D eigenvalue weighted by atomic mass is 16.5. The van der Waals surface area contributed by atoms with Crippen LogP contribution >= 0.6 is 0 Å². The van der Waals surface area contributed by atoms with E-state index in [0.29, 0.717) is 29.2 Å². The van der Waals surface area contributed by atoms with Crippen LogP contribution in [0.25, 0.3) is 0 Å². The molecule has 0 fully saturated rings. The third-order valence-corrected chi connectivity index (χ3v) is 6.45. The highest BCUT2D eigenvalue weighted by molar-refractivity contribution is 6.24. The number of esters is 1. The molecule has 1 aliphatic rings. The Kier molecular flexibility index (Phi) is 7.79. The van der Waals surface area contributed by atoms with Gasteiger partial charge in [-0.1, -0.05) is 43.3 Å². The van der Waals surface area contributed by atoms with Crippen molar-refractivity contribution in [3.8, 4) is 0 Å². The van der Waals surface area contributed by atoms with E-state index in [-0.39, 0.29) is 11.8 Å². The van der Waals surface area contributed by atoms with E-state index >= 15 is 0 Å². The molecule has 1 aliphatic heterocycles. The maximum absolute atomic E-state index is 13.2. The molecule has 0 spiro atoms. The number of anilines is 2. The van der Waals surface area contributed by atoms with Crippen LogP contribution in [-0.2, 0) is 14.3 Å². The summed E-state index contributed by atoms with van der Waals surface area (Å²) in [5.74, 6) is -1.35. The lowest BCUT2D eigenvalue weighted by molar-refractivity contribution is -0.119. The molecule has 3 aromatic rings. The van der Waals surface area contributed by atoms with Crippen molar-refractivity contribution in [1.82, 2.24) is 4.90 Å². The Balaban J connectivity index is 1.69. The topological polar surface area (TPSA) is 91.3 Å². The zero-order chi connectivity index (χ0) is 26.5. The molecule has 8 nitrogen and oxygen atoms in total. The molecule has 0 aliphatic carbocycles. The number of hydrogen-bond donors (Lipinski definition) is 1. The molecular weight excluding hydrogens is 468 g/mol. The number of hydrogen-bond acceptors (Lipinski definition) is 6. The van der Waals surface area contributed by atoms with Gasteiger partial charge >= 0.3 is 5.97 Å². The molecule has 8 heteroatoms. The van der Waals surface area contributed by atoms with Gasteiger partial charge in [0.1, 0.15) is 5.92 Å². The Morgan fingerprint density at radius 1 is 0.973 bits per heavy atom. The van der Waals surface area contributed by atoms with Crippen LogP contribution in [0.3, 0.4) is 0 Å². The first kappa shape index (κ1) is 25.8. The lowest BCUT2D eigenvalue weighted by Crippen LogP contribution is -2.36. The Morgan fingerprint density at radius 3 is 2.32 bits per heavy atom. The summed E-state index contributed by atoms with van der Waals surface area (Å²) in [6, 6.07) is 21.9. The molecular formula is C29H30N4O4. The van der Waals surface area contributed by atoms with Crippen molar-refractivity contribution < 1.29 is 19.1 Å². The average molecular weight is 499 g/mol. The molecule has 0 saturated heterocycles. The Labute approximate surface area is 216 Å². The molecule has 0 radical (unpaired) electrons. The van der Waals surface area contributed by atoms with E-state index in [1.807, 2.05) is 73.5 Å². The molecule has 37 heavy (non-hydrogen) atoms. The number of ether oxygens (including phenoxy) is 1. The summed E-state index contributed by atoms with van der Waals surface area (Å²) in [6.45, 7) is 3.13. The molecule has 0 bridgehead atoms. The molecule has 1 atom stereocenters. The lowest BCUT2D eigenvalue weighted by Gasteiger charge is -2.21. The van der Waals surface area contributed by atoms with Crippen molar-refractivity contribution in [3.63, 3.8) is 0 Å². The van der Waals surface area contributed by atoms with Crippen LogP contribution in [0, 0.1) is 0 Å². The summed E-state index contributed by atoms with van der Waals surface area (Å²) in [6.07, 6.45) is 0. The summed E-state index contributed by atoms with van der Waals surface area (Å²) in [7, 11) is 4.98. The van der Waals surface area contributed by atoms with Gasteiger partial charge in [0.15, 0.2) is 0 Å². The van der Waals surface area contributed by atoms with Gasteiger partial charge in [0.05, 0.1) is 30.6 Å². The molecule has 1 heterocycles. The fourth-order valence-corrected chi connectivity index (χ4v) is 4.17. The summed E-state index contributed by atoms with van der Waals surface area (Å²) >= 11 is 0. The number of nitrogens with one attached hydrogen (secondary N) is 1. The van der Waals surface area contributed by atoms with Crippen molar-refractivity contribution in [1.29, 1.82) is 0 Å². The van der Waals surface area contributed by atoms with Crippen LogP contribution in [0.4, 0.5) is 17.1 Å². The number of fused-ring (bicyclic) bond motifs is 1. The lowest BCUT2D eigenvalue weighted by atomic mass is 9.90. The van der Waals surface area contributed by atoms with Gasteiger partial charge in [0.25, 0.3) is 0 Å².